The first kappa shape index (κ1) is 14.6. The van der Waals surface area contributed by atoms with Crippen molar-refractivity contribution in [2.45, 2.75) is 0 Å². The van der Waals surface area contributed by atoms with E-state index in [-0.39, 0.29) is 16.4 Å². The lowest BCUT2D eigenvalue weighted by atomic mass is 10.1. The molecule has 105 valence electrons. The van der Waals surface area contributed by atoms with Crippen LogP contribution in [0.4, 0.5) is 10.5 Å². The summed E-state index contributed by atoms with van der Waals surface area (Å²) in [7, 11) is 0. The van der Waals surface area contributed by atoms with Crippen LogP contribution in [0, 0.1) is 0 Å². The Morgan fingerprint density at radius 1 is 1.33 bits per heavy atom. The molecule has 0 atom stereocenters. The number of hydrogen-bond donors (Lipinski definition) is 1. The molecule has 0 bridgehead atoms. The Balaban J connectivity index is 1.97. The number of hydrogen-bond acceptors (Lipinski definition) is 5. The summed E-state index contributed by atoms with van der Waals surface area (Å²) in [4.78, 5) is 37.0. The molecule has 1 aromatic rings. The van der Waals surface area contributed by atoms with Gasteiger partial charge in [-0.25, -0.2) is 10.1 Å². The van der Waals surface area contributed by atoms with Gasteiger partial charge < -0.3 is 0 Å². The Morgan fingerprint density at radius 2 is 2.05 bits per heavy atom. The molecule has 1 aliphatic heterocycles. The number of benzene rings is 1. The molecule has 8 nitrogen and oxygen atoms in total. The second-order valence-electron chi connectivity index (χ2n) is 3.83. The third-order valence-corrected chi connectivity index (χ3v) is 3.46. The van der Waals surface area contributed by atoms with E-state index in [1.807, 2.05) is 5.32 Å². The summed E-state index contributed by atoms with van der Waals surface area (Å²) in [6.07, 6.45) is 1.14. The van der Waals surface area contributed by atoms with Gasteiger partial charge in [0, 0.05) is 16.2 Å². The largest absolute Gasteiger partial charge is 0.347 e. The summed E-state index contributed by atoms with van der Waals surface area (Å²) in [5, 5.41) is 8.86. The second-order valence-corrected chi connectivity index (χ2v) is 4.85. The zero-order valence-electron chi connectivity index (χ0n) is 10.5. The zero-order valence-corrected chi connectivity index (χ0v) is 11.3. The van der Waals surface area contributed by atoms with E-state index in [1.165, 1.54) is 24.3 Å². The average Bonchev–Trinajstić information content (AvgIpc) is 2.47. The highest BCUT2D eigenvalue weighted by molar-refractivity contribution is 8.04. The number of carbonyl (C=O) groups is 3. The first-order chi connectivity index (χ1) is 10.1. The van der Waals surface area contributed by atoms with Crippen LogP contribution >= 0.6 is 11.8 Å². The van der Waals surface area contributed by atoms with Gasteiger partial charge in [-0.3, -0.25) is 14.9 Å². The molecule has 1 aliphatic rings. The molecule has 0 aromatic heterocycles. The van der Waals surface area contributed by atoms with E-state index >= 15 is 0 Å². The summed E-state index contributed by atoms with van der Waals surface area (Å²) in [5.74, 6) is -0.728. The lowest BCUT2D eigenvalue weighted by Crippen LogP contribution is -2.38. The number of imide groups is 1. The van der Waals surface area contributed by atoms with Crippen molar-refractivity contribution in [1.29, 1.82) is 0 Å². The van der Waals surface area contributed by atoms with E-state index in [2.05, 4.69) is 15.3 Å². The van der Waals surface area contributed by atoms with Crippen LogP contribution in [0.15, 0.2) is 40.5 Å². The molecule has 9 heteroatoms. The molecule has 1 heterocycles. The predicted molar refractivity (Wildman–Crippen MR) is 75.8 cm³/mol. The molecule has 3 amide bonds. The SMILES string of the molecule is [N-]=[N+]=Nc1ccc(C(=O)CSC2=C[N]C(=O)NC2=O)cc1. The number of azide groups is 1. The minimum atomic E-state index is -0.718. The highest BCUT2D eigenvalue weighted by atomic mass is 32.2. The molecule has 0 saturated carbocycles. The van der Waals surface area contributed by atoms with Gasteiger partial charge in [0.15, 0.2) is 5.78 Å². The number of nitrogens with one attached hydrogen (secondary N) is 1. The van der Waals surface area contributed by atoms with Gasteiger partial charge in [-0.05, 0) is 5.53 Å². The standard InChI is InChI=1S/C12H8N5O3S/c13-17-16-8-3-1-7(2-4-8)9(18)6-21-10-5-14-12(20)15-11(10)19/h1-5H,6H2,(H,15,19,20). The number of carbonyl (C=O) groups excluding carboxylic acids is 3. The van der Waals surface area contributed by atoms with Crippen LogP contribution in [0.5, 0.6) is 0 Å². The second kappa shape index (κ2) is 6.60. The molecule has 0 aliphatic carbocycles. The van der Waals surface area contributed by atoms with Crippen molar-refractivity contribution in [3.63, 3.8) is 0 Å². The van der Waals surface area contributed by atoms with Gasteiger partial charge in [0.2, 0.25) is 0 Å². The van der Waals surface area contributed by atoms with Crippen molar-refractivity contribution < 1.29 is 14.4 Å². The summed E-state index contributed by atoms with van der Waals surface area (Å²) < 4.78 is 0. The van der Waals surface area contributed by atoms with E-state index in [4.69, 9.17) is 5.53 Å². The minimum absolute atomic E-state index is 0.0316. The minimum Gasteiger partial charge on any atom is -0.293 e. The number of amides is 3. The molecule has 0 saturated heterocycles. The van der Waals surface area contributed by atoms with Crippen LogP contribution in [0.25, 0.3) is 10.4 Å². The highest BCUT2D eigenvalue weighted by Crippen LogP contribution is 2.20. The molecule has 0 fully saturated rings. The Bertz CT molecular complexity index is 677. The van der Waals surface area contributed by atoms with E-state index in [0.717, 1.165) is 18.0 Å². The monoisotopic (exact) mass is 302 g/mol. The van der Waals surface area contributed by atoms with Crippen molar-refractivity contribution in [2.75, 3.05) is 5.75 Å². The first-order valence-corrected chi connectivity index (χ1v) is 6.66. The number of rotatable bonds is 5. The fourth-order valence-electron chi connectivity index (χ4n) is 1.46. The third kappa shape index (κ3) is 3.85. The zero-order chi connectivity index (χ0) is 15.2. The molecule has 1 N–H and O–H groups in total. The molecule has 1 radical (unpaired) electrons. The molecule has 0 spiro atoms. The maximum absolute atomic E-state index is 11.9. The van der Waals surface area contributed by atoms with Crippen molar-refractivity contribution in [3.05, 3.63) is 51.4 Å². The fraction of sp³-hybridized carbons (Fsp3) is 0.0833. The van der Waals surface area contributed by atoms with Crippen LogP contribution < -0.4 is 10.6 Å². The number of urea groups is 1. The van der Waals surface area contributed by atoms with Crippen LogP contribution in [-0.4, -0.2) is 23.5 Å². The summed E-state index contributed by atoms with van der Waals surface area (Å²) in [6, 6.07) is 5.41. The quantitative estimate of drug-likeness (QED) is 0.387. The topological polar surface area (TPSA) is 126 Å². The van der Waals surface area contributed by atoms with Gasteiger partial charge in [0.1, 0.15) is 0 Å². The molecule has 0 unspecified atom stereocenters. The van der Waals surface area contributed by atoms with E-state index in [0.29, 0.717) is 11.3 Å². The maximum atomic E-state index is 11.9. The van der Waals surface area contributed by atoms with Gasteiger partial charge >= 0.3 is 6.03 Å². The number of nitrogens with zero attached hydrogens (tertiary/aromatic N) is 4. The first-order valence-electron chi connectivity index (χ1n) is 5.67. The van der Waals surface area contributed by atoms with Crippen LogP contribution in [0.2, 0.25) is 0 Å². The van der Waals surface area contributed by atoms with Gasteiger partial charge in [0.25, 0.3) is 5.91 Å². The van der Waals surface area contributed by atoms with E-state index in [9.17, 15) is 14.4 Å². The predicted octanol–water partition coefficient (Wildman–Crippen LogP) is 2.24. The normalized spacial score (nSPS) is 13.6. The lowest BCUT2D eigenvalue weighted by molar-refractivity contribution is -0.116. The molecule has 2 rings (SSSR count). The molecule has 21 heavy (non-hydrogen) atoms. The van der Waals surface area contributed by atoms with Crippen LogP contribution in [0.1, 0.15) is 10.4 Å². The van der Waals surface area contributed by atoms with Crippen molar-refractivity contribution in [1.82, 2.24) is 10.6 Å². The van der Waals surface area contributed by atoms with Crippen molar-refractivity contribution in [3.8, 4) is 0 Å². The van der Waals surface area contributed by atoms with Crippen LogP contribution in [-0.2, 0) is 4.79 Å². The Labute approximate surface area is 123 Å². The molecular formula is C12H8N5O3S. The Kier molecular flexibility index (Phi) is 4.60. The van der Waals surface area contributed by atoms with E-state index < -0.39 is 11.9 Å². The van der Waals surface area contributed by atoms with Gasteiger partial charge in [0.05, 0.1) is 16.9 Å². The number of thioether (sulfide) groups is 1. The van der Waals surface area contributed by atoms with E-state index in [1.54, 1.807) is 0 Å². The highest BCUT2D eigenvalue weighted by Gasteiger charge is 2.20. The maximum Gasteiger partial charge on any atom is 0.347 e. The summed E-state index contributed by atoms with van der Waals surface area (Å²) >= 11 is 0.997. The average molecular weight is 302 g/mol. The summed E-state index contributed by atoms with van der Waals surface area (Å²) in [6.45, 7) is 0. The van der Waals surface area contributed by atoms with Gasteiger partial charge in [-0.2, -0.15) is 0 Å². The summed E-state index contributed by atoms with van der Waals surface area (Å²) in [5.41, 5.74) is 9.13. The van der Waals surface area contributed by atoms with Crippen molar-refractivity contribution in [2.24, 2.45) is 5.11 Å². The Morgan fingerprint density at radius 3 is 2.67 bits per heavy atom. The van der Waals surface area contributed by atoms with Gasteiger partial charge in [-0.15, -0.1) is 11.8 Å². The smallest absolute Gasteiger partial charge is 0.293 e. The van der Waals surface area contributed by atoms with Gasteiger partial charge in [-0.1, -0.05) is 29.4 Å². The van der Waals surface area contributed by atoms with Crippen molar-refractivity contribution >= 4 is 35.2 Å². The lowest BCUT2D eigenvalue weighted by Gasteiger charge is -2.10. The fourth-order valence-corrected chi connectivity index (χ4v) is 2.22. The Hall–Kier alpha value is -2.77. The number of Topliss-reactive ketones (excluding diaryl/α,β-unsaturated/α-hetero) is 1. The molecular weight excluding hydrogens is 294 g/mol. The third-order valence-electron chi connectivity index (χ3n) is 2.45. The number of ketones is 1. The molecule has 1 aromatic carbocycles. The van der Waals surface area contributed by atoms with Crippen LogP contribution in [0.3, 0.4) is 0 Å².